The van der Waals surface area contributed by atoms with E-state index in [9.17, 15) is 4.79 Å². The highest BCUT2D eigenvalue weighted by Gasteiger charge is 2.13. The van der Waals surface area contributed by atoms with Crippen molar-refractivity contribution in [2.45, 2.75) is 43.8 Å². The molecule has 6 nitrogen and oxygen atoms in total. The van der Waals surface area contributed by atoms with Crippen LogP contribution in [0.4, 0.5) is 0 Å². The van der Waals surface area contributed by atoms with Crippen molar-refractivity contribution in [3.8, 4) is 0 Å². The third kappa shape index (κ3) is 5.12. The molecule has 1 aromatic carbocycles. The molecule has 0 aliphatic heterocycles. The average molecular weight is 407 g/mol. The molecule has 2 heterocycles. The number of rotatable bonds is 8. The van der Waals surface area contributed by atoms with E-state index in [2.05, 4.69) is 5.10 Å². The minimum absolute atomic E-state index is 0.0464. The fraction of sp³-hybridized carbons (Fsp3) is 0.421. The Labute approximate surface area is 167 Å². The Balaban J connectivity index is 1.89. The molecule has 0 aliphatic rings. The number of ether oxygens (including phenoxy) is 1. The number of hydrogen-bond donors (Lipinski definition) is 0. The molecule has 0 atom stereocenters. The zero-order chi connectivity index (χ0) is 19.4. The van der Waals surface area contributed by atoms with E-state index in [1.807, 2.05) is 33.3 Å². The first-order valence-electron chi connectivity index (χ1n) is 8.86. The average Bonchev–Trinajstić information content (AvgIpc) is 3.03. The van der Waals surface area contributed by atoms with Crippen molar-refractivity contribution in [3.05, 3.63) is 51.5 Å². The molecule has 0 N–H and O–H groups in total. The summed E-state index contributed by atoms with van der Waals surface area (Å²) in [7, 11) is 1.88. The van der Waals surface area contributed by atoms with Gasteiger partial charge in [-0.1, -0.05) is 23.4 Å². The van der Waals surface area contributed by atoms with Gasteiger partial charge in [-0.25, -0.2) is 4.98 Å². The molecular weight excluding hydrogens is 384 g/mol. The van der Waals surface area contributed by atoms with Gasteiger partial charge in [-0.15, -0.1) is 0 Å². The fourth-order valence-corrected chi connectivity index (χ4v) is 3.82. The minimum Gasteiger partial charge on any atom is -0.379 e. The molecule has 27 heavy (non-hydrogen) atoms. The van der Waals surface area contributed by atoms with E-state index in [0.29, 0.717) is 40.0 Å². The number of aromatic nitrogens is 4. The van der Waals surface area contributed by atoms with Crippen molar-refractivity contribution in [1.82, 2.24) is 19.3 Å². The quantitative estimate of drug-likeness (QED) is 0.322. The molecule has 2 aromatic heterocycles. The highest BCUT2D eigenvalue weighted by molar-refractivity contribution is 7.98. The van der Waals surface area contributed by atoms with E-state index >= 15 is 0 Å². The number of aryl methyl sites for hydroxylation is 1. The highest BCUT2D eigenvalue weighted by atomic mass is 35.5. The first-order chi connectivity index (χ1) is 12.9. The van der Waals surface area contributed by atoms with Crippen molar-refractivity contribution in [3.63, 3.8) is 0 Å². The molecule has 0 spiro atoms. The summed E-state index contributed by atoms with van der Waals surface area (Å²) in [6.45, 7) is 5.17. The highest BCUT2D eigenvalue weighted by Crippen LogP contribution is 2.23. The lowest BCUT2D eigenvalue weighted by molar-refractivity contribution is 0.0743. The topological polar surface area (TPSA) is 61.9 Å². The van der Waals surface area contributed by atoms with Crippen molar-refractivity contribution in [1.29, 1.82) is 0 Å². The lowest BCUT2D eigenvalue weighted by atomic mass is 10.2. The molecule has 0 amide bonds. The molecular formula is C19H23ClN4O2S. The van der Waals surface area contributed by atoms with Crippen LogP contribution >= 0.6 is 23.4 Å². The summed E-state index contributed by atoms with van der Waals surface area (Å²) < 4.78 is 9.11. The summed E-state index contributed by atoms with van der Waals surface area (Å²) in [6.07, 6.45) is 4.71. The molecule has 0 saturated heterocycles. The number of hydrogen-bond acceptors (Lipinski definition) is 5. The summed E-state index contributed by atoms with van der Waals surface area (Å²) in [6, 6.07) is 5.20. The van der Waals surface area contributed by atoms with Crippen LogP contribution in [0, 0.1) is 0 Å². The first-order valence-corrected chi connectivity index (χ1v) is 10.2. The van der Waals surface area contributed by atoms with Crippen LogP contribution in [0.1, 0.15) is 25.8 Å². The largest absolute Gasteiger partial charge is 0.379 e. The summed E-state index contributed by atoms with van der Waals surface area (Å²) in [5.41, 5.74) is 1.66. The molecule has 0 unspecified atom stereocenters. The third-order valence-corrected chi connectivity index (χ3v) is 5.27. The molecule has 8 heteroatoms. The summed E-state index contributed by atoms with van der Waals surface area (Å²) in [4.78, 5) is 17.7. The second kappa shape index (κ2) is 8.91. The predicted octanol–water partition coefficient (Wildman–Crippen LogP) is 3.89. The van der Waals surface area contributed by atoms with Gasteiger partial charge in [-0.2, -0.15) is 5.10 Å². The van der Waals surface area contributed by atoms with Crippen molar-refractivity contribution in [2.24, 2.45) is 7.05 Å². The lowest BCUT2D eigenvalue weighted by Gasteiger charge is -2.14. The van der Waals surface area contributed by atoms with E-state index in [1.165, 1.54) is 11.8 Å². The van der Waals surface area contributed by atoms with Gasteiger partial charge in [0, 0.05) is 42.7 Å². The van der Waals surface area contributed by atoms with Gasteiger partial charge in [0.25, 0.3) is 5.56 Å². The van der Waals surface area contributed by atoms with Gasteiger partial charge in [-0.3, -0.25) is 14.0 Å². The Morgan fingerprint density at radius 1 is 1.33 bits per heavy atom. The molecule has 3 rings (SSSR count). The van der Waals surface area contributed by atoms with E-state index in [-0.39, 0.29) is 11.7 Å². The van der Waals surface area contributed by atoms with Crippen LogP contribution in [0.25, 0.3) is 10.9 Å². The van der Waals surface area contributed by atoms with Gasteiger partial charge in [-0.05, 0) is 38.5 Å². The fourth-order valence-electron chi connectivity index (χ4n) is 2.72. The summed E-state index contributed by atoms with van der Waals surface area (Å²) in [5, 5.41) is 6.02. The first kappa shape index (κ1) is 19.9. The normalized spacial score (nSPS) is 11.6. The van der Waals surface area contributed by atoms with Crippen LogP contribution in [0.2, 0.25) is 5.02 Å². The van der Waals surface area contributed by atoms with Gasteiger partial charge >= 0.3 is 0 Å². The Bertz CT molecular complexity index is 983. The van der Waals surface area contributed by atoms with Gasteiger partial charge in [0.2, 0.25) is 0 Å². The predicted molar refractivity (Wildman–Crippen MR) is 109 cm³/mol. The number of halogens is 1. The Kier molecular flexibility index (Phi) is 6.57. The molecule has 0 fully saturated rings. The van der Waals surface area contributed by atoms with E-state index in [1.54, 1.807) is 27.4 Å². The van der Waals surface area contributed by atoms with E-state index in [0.717, 1.165) is 12.0 Å². The molecule has 0 radical (unpaired) electrons. The number of benzene rings is 1. The molecule has 144 valence electrons. The van der Waals surface area contributed by atoms with Crippen LogP contribution in [-0.4, -0.2) is 32.0 Å². The maximum absolute atomic E-state index is 13.0. The number of fused-ring (bicyclic) bond motifs is 1. The van der Waals surface area contributed by atoms with Crippen molar-refractivity contribution in [2.75, 3.05) is 6.61 Å². The number of nitrogens with zero attached hydrogens (tertiary/aromatic N) is 4. The second-order valence-electron chi connectivity index (χ2n) is 6.60. The van der Waals surface area contributed by atoms with Crippen molar-refractivity contribution < 1.29 is 4.74 Å². The van der Waals surface area contributed by atoms with E-state index in [4.69, 9.17) is 21.3 Å². The van der Waals surface area contributed by atoms with Gasteiger partial charge in [0.05, 0.1) is 23.2 Å². The minimum atomic E-state index is -0.0464. The van der Waals surface area contributed by atoms with E-state index < -0.39 is 0 Å². The molecule has 3 aromatic rings. The number of thioether (sulfide) groups is 1. The van der Waals surface area contributed by atoms with Gasteiger partial charge in [0.1, 0.15) is 0 Å². The zero-order valence-electron chi connectivity index (χ0n) is 15.7. The Morgan fingerprint density at radius 2 is 2.15 bits per heavy atom. The maximum Gasteiger partial charge on any atom is 0.262 e. The molecule has 0 bridgehead atoms. The monoisotopic (exact) mass is 406 g/mol. The van der Waals surface area contributed by atoms with Crippen LogP contribution in [0.3, 0.4) is 0 Å². The van der Waals surface area contributed by atoms with Crippen LogP contribution in [0.15, 0.2) is 40.5 Å². The van der Waals surface area contributed by atoms with Crippen LogP contribution in [-0.2, 0) is 24.1 Å². The zero-order valence-corrected chi connectivity index (χ0v) is 17.3. The lowest BCUT2D eigenvalue weighted by Crippen LogP contribution is -2.24. The third-order valence-electron chi connectivity index (χ3n) is 3.99. The molecule has 0 saturated carbocycles. The van der Waals surface area contributed by atoms with Crippen LogP contribution in [0.5, 0.6) is 0 Å². The summed E-state index contributed by atoms with van der Waals surface area (Å²) >= 11 is 7.61. The standard InChI is InChI=1S/C19H23ClN4O2S/c1-13(2)26-8-4-7-24-18(25)16-6-5-15(20)9-17(16)22-19(24)27-12-14-10-21-23(3)11-14/h5-6,9-11,13H,4,7-8,12H2,1-3H3. The summed E-state index contributed by atoms with van der Waals surface area (Å²) in [5.74, 6) is 0.689. The SMILES string of the molecule is CC(C)OCCCn1c(SCc2cnn(C)c2)nc2cc(Cl)ccc2c1=O. The van der Waals surface area contributed by atoms with Crippen molar-refractivity contribution >= 4 is 34.3 Å². The second-order valence-corrected chi connectivity index (χ2v) is 7.98. The smallest absolute Gasteiger partial charge is 0.262 e. The Hall–Kier alpha value is -1.83. The Morgan fingerprint density at radius 3 is 2.85 bits per heavy atom. The van der Waals surface area contributed by atoms with Crippen LogP contribution < -0.4 is 5.56 Å². The van der Waals surface area contributed by atoms with Gasteiger partial charge < -0.3 is 4.74 Å². The maximum atomic E-state index is 13.0. The molecule has 0 aliphatic carbocycles. The van der Waals surface area contributed by atoms with Gasteiger partial charge in [0.15, 0.2) is 5.16 Å².